The van der Waals surface area contributed by atoms with Gasteiger partial charge in [0, 0.05) is 24.4 Å². The van der Waals surface area contributed by atoms with Crippen LogP contribution in [-0.2, 0) is 16.0 Å². The summed E-state index contributed by atoms with van der Waals surface area (Å²) in [6.45, 7) is 1.87. The van der Waals surface area contributed by atoms with E-state index in [0.29, 0.717) is 23.5 Å². The van der Waals surface area contributed by atoms with Crippen molar-refractivity contribution in [3.8, 4) is 17.2 Å². The SMILES string of the molecule is COc1cc(CCN2C(=O)[C@H](C(N)=O)[C@H]3C[C@@]2(C)Oc2ccccc23)c([N+](=O)[O-])cc1OC. The van der Waals surface area contributed by atoms with Gasteiger partial charge in [-0.25, -0.2) is 0 Å². The average Bonchev–Trinajstić information content (AvgIpc) is 2.77. The van der Waals surface area contributed by atoms with E-state index >= 15 is 0 Å². The second-order valence-electron chi connectivity index (χ2n) is 8.34. The lowest BCUT2D eigenvalue weighted by Crippen LogP contribution is -2.64. The van der Waals surface area contributed by atoms with E-state index in [0.717, 1.165) is 5.56 Å². The lowest BCUT2D eigenvalue weighted by molar-refractivity contribution is -0.385. The zero-order valence-electron chi connectivity index (χ0n) is 18.6. The van der Waals surface area contributed by atoms with Gasteiger partial charge >= 0.3 is 0 Å². The Bertz CT molecular complexity index is 1140. The third-order valence-corrected chi connectivity index (χ3v) is 6.45. The minimum absolute atomic E-state index is 0.0876. The summed E-state index contributed by atoms with van der Waals surface area (Å²) >= 11 is 0. The number of piperidine rings is 1. The van der Waals surface area contributed by atoms with E-state index in [2.05, 4.69) is 0 Å². The normalized spacial score (nSPS) is 23.4. The first kappa shape index (κ1) is 22.4. The third-order valence-electron chi connectivity index (χ3n) is 6.45. The molecule has 0 radical (unpaired) electrons. The molecule has 0 aromatic heterocycles. The van der Waals surface area contributed by atoms with Gasteiger partial charge in [0.2, 0.25) is 11.8 Å². The van der Waals surface area contributed by atoms with Gasteiger partial charge < -0.3 is 24.8 Å². The Morgan fingerprint density at radius 1 is 1.27 bits per heavy atom. The van der Waals surface area contributed by atoms with Crippen molar-refractivity contribution in [2.24, 2.45) is 11.7 Å². The fraction of sp³-hybridized carbons (Fsp3) is 0.391. The lowest BCUT2D eigenvalue weighted by atomic mass is 9.73. The highest BCUT2D eigenvalue weighted by Crippen LogP contribution is 2.50. The lowest BCUT2D eigenvalue weighted by Gasteiger charge is -2.52. The number of nitro benzene ring substituents is 1. The average molecular weight is 455 g/mol. The molecular formula is C23H25N3O7. The zero-order chi connectivity index (χ0) is 23.9. The topological polar surface area (TPSA) is 134 Å². The maximum absolute atomic E-state index is 13.4. The Hall–Kier alpha value is -3.82. The molecule has 3 atom stereocenters. The second kappa shape index (κ2) is 8.27. The number of fused-ring (bicyclic) bond motifs is 4. The summed E-state index contributed by atoms with van der Waals surface area (Å²) < 4.78 is 16.7. The van der Waals surface area contributed by atoms with Gasteiger partial charge in [-0.1, -0.05) is 18.2 Å². The van der Waals surface area contributed by atoms with E-state index in [1.807, 2.05) is 18.2 Å². The number of hydrogen-bond donors (Lipinski definition) is 1. The molecule has 0 spiro atoms. The number of nitrogens with two attached hydrogens (primary N) is 1. The van der Waals surface area contributed by atoms with Crippen LogP contribution in [-0.4, -0.2) is 48.1 Å². The molecule has 10 nitrogen and oxygen atoms in total. The van der Waals surface area contributed by atoms with Gasteiger partial charge in [0.1, 0.15) is 11.7 Å². The standard InChI is InChI=1S/C23H25N3O7/c1-23-12-15(14-6-4-5-7-17(14)33-23)20(21(24)27)22(28)25(23)9-8-13-10-18(31-2)19(32-3)11-16(13)26(29)30/h4-7,10-11,15,20H,8-9,12H2,1-3H3,(H2,24,27)/t15-,20-,23+/m0/s1. The van der Waals surface area contributed by atoms with Crippen LogP contribution in [0.5, 0.6) is 17.2 Å². The van der Waals surface area contributed by atoms with Crippen molar-refractivity contribution in [1.29, 1.82) is 0 Å². The van der Waals surface area contributed by atoms with Crippen molar-refractivity contribution in [2.45, 2.75) is 31.4 Å². The highest BCUT2D eigenvalue weighted by atomic mass is 16.6. The molecule has 33 heavy (non-hydrogen) atoms. The van der Waals surface area contributed by atoms with E-state index in [9.17, 15) is 19.7 Å². The maximum Gasteiger partial charge on any atom is 0.276 e. The first-order valence-corrected chi connectivity index (χ1v) is 10.5. The van der Waals surface area contributed by atoms with Gasteiger partial charge in [-0.05, 0) is 31.0 Å². The van der Waals surface area contributed by atoms with Gasteiger partial charge in [-0.15, -0.1) is 0 Å². The minimum Gasteiger partial charge on any atom is -0.493 e. The molecule has 0 unspecified atom stereocenters. The summed E-state index contributed by atoms with van der Waals surface area (Å²) in [4.78, 5) is 38.4. The fourth-order valence-corrected chi connectivity index (χ4v) is 4.89. The number of hydrogen-bond acceptors (Lipinski definition) is 7. The molecule has 0 saturated carbocycles. The minimum atomic E-state index is -1.04. The largest absolute Gasteiger partial charge is 0.493 e. The number of carbonyl (C=O) groups excluding carboxylic acids is 2. The number of methoxy groups -OCH3 is 2. The van der Waals surface area contributed by atoms with Crippen molar-refractivity contribution in [1.82, 2.24) is 4.90 Å². The van der Waals surface area contributed by atoms with E-state index in [1.165, 1.54) is 31.3 Å². The molecule has 2 aliphatic rings. The molecule has 174 valence electrons. The molecule has 1 saturated heterocycles. The molecule has 2 amide bonds. The van der Waals surface area contributed by atoms with Crippen LogP contribution in [0.2, 0.25) is 0 Å². The molecule has 2 aliphatic heterocycles. The highest BCUT2D eigenvalue weighted by molar-refractivity contribution is 6.01. The van der Waals surface area contributed by atoms with Crippen LogP contribution in [0.1, 0.15) is 30.4 Å². The monoisotopic (exact) mass is 455 g/mol. The summed E-state index contributed by atoms with van der Waals surface area (Å²) in [5, 5.41) is 11.7. The summed E-state index contributed by atoms with van der Waals surface area (Å²) in [6, 6.07) is 10.1. The summed E-state index contributed by atoms with van der Waals surface area (Å²) in [5.41, 5.74) is 5.62. The van der Waals surface area contributed by atoms with Gasteiger partial charge in [0.25, 0.3) is 5.69 Å². The van der Waals surface area contributed by atoms with Gasteiger partial charge in [-0.2, -0.15) is 0 Å². The smallest absolute Gasteiger partial charge is 0.276 e. The van der Waals surface area contributed by atoms with Crippen molar-refractivity contribution < 1.29 is 28.7 Å². The number of nitro groups is 1. The molecule has 2 N–H and O–H groups in total. The van der Waals surface area contributed by atoms with Crippen LogP contribution in [0.15, 0.2) is 36.4 Å². The van der Waals surface area contributed by atoms with Crippen LogP contribution in [0.4, 0.5) is 5.69 Å². The molecule has 2 bridgehead atoms. The zero-order valence-corrected chi connectivity index (χ0v) is 18.6. The number of primary amides is 1. The van der Waals surface area contributed by atoms with Crippen LogP contribution in [0.3, 0.4) is 0 Å². The predicted molar refractivity (Wildman–Crippen MR) is 117 cm³/mol. The predicted octanol–water partition coefficient (Wildman–Crippen LogP) is 2.38. The molecule has 1 fully saturated rings. The van der Waals surface area contributed by atoms with Crippen LogP contribution in [0.25, 0.3) is 0 Å². The summed E-state index contributed by atoms with van der Waals surface area (Å²) in [5.74, 6) is -1.41. The van der Waals surface area contributed by atoms with Gasteiger partial charge in [-0.3, -0.25) is 19.7 Å². The van der Waals surface area contributed by atoms with Crippen molar-refractivity contribution in [2.75, 3.05) is 20.8 Å². The van der Waals surface area contributed by atoms with Crippen LogP contribution < -0.4 is 19.9 Å². The Kier molecular flexibility index (Phi) is 5.61. The number of benzene rings is 2. The molecule has 2 aromatic rings. The number of amides is 2. The number of ether oxygens (including phenoxy) is 3. The van der Waals surface area contributed by atoms with Crippen molar-refractivity contribution in [3.05, 3.63) is 57.6 Å². The third kappa shape index (κ3) is 3.71. The molecule has 2 aromatic carbocycles. The Morgan fingerprint density at radius 2 is 1.94 bits per heavy atom. The number of nitrogens with zero attached hydrogens (tertiary/aromatic N) is 2. The van der Waals surface area contributed by atoms with Gasteiger partial charge in [0.15, 0.2) is 17.2 Å². The van der Waals surface area contributed by atoms with Crippen molar-refractivity contribution >= 4 is 17.5 Å². The fourth-order valence-electron chi connectivity index (χ4n) is 4.89. The summed E-state index contributed by atoms with van der Waals surface area (Å²) in [6.07, 6.45) is 0.524. The van der Waals surface area contributed by atoms with E-state index in [4.69, 9.17) is 19.9 Å². The molecule has 0 aliphatic carbocycles. The van der Waals surface area contributed by atoms with Crippen molar-refractivity contribution in [3.63, 3.8) is 0 Å². The van der Waals surface area contributed by atoms with Gasteiger partial charge in [0.05, 0.1) is 25.2 Å². The first-order valence-electron chi connectivity index (χ1n) is 10.5. The number of rotatable bonds is 7. The number of likely N-dealkylation sites (tertiary alicyclic amines) is 1. The van der Waals surface area contributed by atoms with Crippen LogP contribution in [0, 0.1) is 16.0 Å². The Balaban J connectivity index is 1.70. The molecule has 2 heterocycles. The van der Waals surface area contributed by atoms with Crippen LogP contribution >= 0.6 is 0 Å². The molecule has 4 rings (SSSR count). The number of para-hydroxylation sites is 1. The van der Waals surface area contributed by atoms with E-state index < -0.39 is 34.3 Å². The Labute approximate surface area is 190 Å². The summed E-state index contributed by atoms with van der Waals surface area (Å²) in [7, 11) is 2.83. The molecular weight excluding hydrogens is 430 g/mol. The second-order valence-corrected chi connectivity index (χ2v) is 8.34. The van der Waals surface area contributed by atoms with E-state index in [1.54, 1.807) is 13.0 Å². The van der Waals surface area contributed by atoms with E-state index in [-0.39, 0.29) is 24.4 Å². The maximum atomic E-state index is 13.4. The molecule has 10 heteroatoms. The number of carbonyl (C=O) groups is 2. The quantitative estimate of drug-likeness (QED) is 0.385. The Morgan fingerprint density at radius 3 is 2.58 bits per heavy atom. The first-order chi connectivity index (χ1) is 15.7. The highest BCUT2D eigenvalue weighted by Gasteiger charge is 2.55.